The van der Waals surface area contributed by atoms with Crippen LogP contribution in [0, 0.1) is 0 Å². The first kappa shape index (κ1) is 16.8. The molecule has 0 amide bonds. The van der Waals surface area contributed by atoms with E-state index in [1.165, 1.54) is 11.7 Å². The van der Waals surface area contributed by atoms with Crippen molar-refractivity contribution < 1.29 is 4.74 Å². The van der Waals surface area contributed by atoms with E-state index in [1.807, 2.05) is 12.1 Å². The summed E-state index contributed by atoms with van der Waals surface area (Å²) < 4.78 is 14.5. The number of likely N-dealkylation sites (N-methyl/N-ethyl adjacent to an activating group) is 1. The Labute approximate surface area is 150 Å². The Morgan fingerprint density at radius 1 is 1.13 bits per heavy atom. The summed E-state index contributed by atoms with van der Waals surface area (Å²) in [6.07, 6.45) is 0. The van der Waals surface area contributed by atoms with E-state index in [0.717, 1.165) is 44.1 Å². The van der Waals surface area contributed by atoms with Crippen molar-refractivity contribution in [2.24, 2.45) is 0 Å². The van der Waals surface area contributed by atoms with Gasteiger partial charge in [-0.05, 0) is 24.2 Å². The van der Waals surface area contributed by atoms with Gasteiger partial charge in [-0.25, -0.2) is 0 Å². The van der Waals surface area contributed by atoms with Gasteiger partial charge in [0.1, 0.15) is 6.61 Å². The minimum Gasteiger partial charge on any atom is -0.470 e. The highest BCUT2D eigenvalue weighted by atomic mass is 35.5. The summed E-state index contributed by atoms with van der Waals surface area (Å²) in [5, 5.41) is 1.07. The minimum absolute atomic E-state index is 0.393. The quantitative estimate of drug-likeness (QED) is 0.802. The molecule has 0 N–H and O–H groups in total. The fourth-order valence-electron chi connectivity index (χ4n) is 2.52. The number of aromatic nitrogens is 2. The molecule has 23 heavy (non-hydrogen) atoms. The van der Waals surface area contributed by atoms with Crippen molar-refractivity contribution in [1.82, 2.24) is 13.6 Å². The summed E-state index contributed by atoms with van der Waals surface area (Å²) in [6, 6.07) is 5.48. The molecule has 1 saturated heterocycles. The van der Waals surface area contributed by atoms with Gasteiger partial charge < -0.3 is 14.5 Å². The van der Waals surface area contributed by atoms with E-state index >= 15 is 0 Å². The molecule has 3 rings (SSSR count). The van der Waals surface area contributed by atoms with Crippen molar-refractivity contribution in [3.05, 3.63) is 33.8 Å². The molecule has 2 heterocycles. The molecule has 8 heteroatoms. The number of hydrogen-bond donors (Lipinski definition) is 0. The Bertz CT molecular complexity index is 659. The number of nitrogens with zero attached hydrogens (tertiary/aromatic N) is 4. The van der Waals surface area contributed by atoms with Crippen molar-refractivity contribution in [3.8, 4) is 5.88 Å². The normalized spacial score (nSPS) is 15.9. The first-order chi connectivity index (χ1) is 11.2. The van der Waals surface area contributed by atoms with Crippen molar-refractivity contribution in [1.29, 1.82) is 0 Å². The Hall–Kier alpha value is -1.08. The lowest BCUT2D eigenvalue weighted by Crippen LogP contribution is -2.46. The van der Waals surface area contributed by atoms with E-state index in [4.69, 9.17) is 27.9 Å². The molecule has 0 unspecified atom stereocenters. The van der Waals surface area contributed by atoms with Gasteiger partial charge in [-0.15, -0.1) is 4.37 Å². The number of anilines is 1. The molecule has 0 atom stereocenters. The van der Waals surface area contributed by atoms with Gasteiger partial charge >= 0.3 is 0 Å². The largest absolute Gasteiger partial charge is 0.470 e. The maximum atomic E-state index is 6.03. The predicted octanol–water partition coefficient (Wildman–Crippen LogP) is 3.57. The van der Waals surface area contributed by atoms with Crippen LogP contribution in [0.15, 0.2) is 18.2 Å². The molecule has 0 aliphatic carbocycles. The summed E-state index contributed by atoms with van der Waals surface area (Å²) in [6.45, 7) is 7.64. The Morgan fingerprint density at radius 2 is 1.91 bits per heavy atom. The molecular formula is C15H18Cl2N4OS. The second-order valence-corrected chi connectivity index (χ2v) is 6.69. The SMILES string of the molecule is CCN1CCN(c2nsnc2OCc2ccc(Cl)c(Cl)c2)CC1. The third kappa shape index (κ3) is 4.07. The van der Waals surface area contributed by atoms with Crippen LogP contribution in [-0.4, -0.2) is 46.4 Å². The van der Waals surface area contributed by atoms with Crippen molar-refractivity contribution in [2.45, 2.75) is 13.5 Å². The highest BCUT2D eigenvalue weighted by Crippen LogP contribution is 2.28. The van der Waals surface area contributed by atoms with E-state index in [9.17, 15) is 0 Å². The number of ether oxygens (including phenoxy) is 1. The molecule has 0 spiro atoms. The fourth-order valence-corrected chi connectivity index (χ4v) is 3.36. The van der Waals surface area contributed by atoms with Crippen LogP contribution in [0.3, 0.4) is 0 Å². The summed E-state index contributed by atoms with van der Waals surface area (Å²) in [4.78, 5) is 4.66. The highest BCUT2D eigenvalue weighted by molar-refractivity contribution is 6.99. The number of piperazine rings is 1. The Morgan fingerprint density at radius 3 is 2.61 bits per heavy atom. The van der Waals surface area contributed by atoms with Crippen LogP contribution in [0.4, 0.5) is 5.82 Å². The van der Waals surface area contributed by atoms with Crippen LogP contribution in [0.25, 0.3) is 0 Å². The molecule has 2 aromatic rings. The van der Waals surface area contributed by atoms with Crippen LogP contribution in [-0.2, 0) is 6.61 Å². The lowest BCUT2D eigenvalue weighted by molar-refractivity contribution is 0.266. The molecule has 124 valence electrons. The Kier molecular flexibility index (Phi) is 5.58. The molecule has 1 aromatic carbocycles. The smallest absolute Gasteiger partial charge is 0.271 e. The number of hydrogen-bond acceptors (Lipinski definition) is 6. The zero-order valence-electron chi connectivity index (χ0n) is 12.8. The van der Waals surface area contributed by atoms with E-state index in [-0.39, 0.29) is 0 Å². The average molecular weight is 373 g/mol. The monoisotopic (exact) mass is 372 g/mol. The van der Waals surface area contributed by atoms with Crippen LogP contribution >= 0.6 is 34.9 Å². The number of benzene rings is 1. The van der Waals surface area contributed by atoms with Crippen LogP contribution in [0.1, 0.15) is 12.5 Å². The van der Waals surface area contributed by atoms with Crippen molar-refractivity contribution in [3.63, 3.8) is 0 Å². The maximum Gasteiger partial charge on any atom is 0.271 e. The Balaban J connectivity index is 1.63. The van der Waals surface area contributed by atoms with Gasteiger partial charge in [-0.2, -0.15) is 4.37 Å². The maximum absolute atomic E-state index is 6.03. The van der Waals surface area contributed by atoms with E-state index < -0.39 is 0 Å². The molecule has 1 aromatic heterocycles. The molecule has 1 fully saturated rings. The van der Waals surface area contributed by atoms with Gasteiger partial charge in [-0.1, -0.05) is 36.2 Å². The highest BCUT2D eigenvalue weighted by Gasteiger charge is 2.22. The van der Waals surface area contributed by atoms with Gasteiger partial charge in [0.05, 0.1) is 21.8 Å². The third-order valence-electron chi connectivity index (χ3n) is 3.92. The molecule has 0 saturated carbocycles. The second-order valence-electron chi connectivity index (χ2n) is 5.35. The zero-order valence-corrected chi connectivity index (χ0v) is 15.2. The molecule has 5 nitrogen and oxygen atoms in total. The van der Waals surface area contributed by atoms with Crippen LogP contribution < -0.4 is 9.64 Å². The first-order valence-corrected chi connectivity index (χ1v) is 9.02. The minimum atomic E-state index is 0.393. The standard InChI is InChI=1S/C15H18Cl2N4OS/c1-2-20-5-7-21(8-6-20)14-15(19-23-18-14)22-10-11-3-4-12(16)13(17)9-11/h3-4,9H,2,5-8,10H2,1H3. The van der Waals surface area contributed by atoms with Gasteiger partial charge in [0, 0.05) is 26.2 Å². The predicted molar refractivity (Wildman–Crippen MR) is 95.0 cm³/mol. The van der Waals surface area contributed by atoms with Crippen molar-refractivity contribution in [2.75, 3.05) is 37.6 Å². The average Bonchev–Trinajstić information content (AvgIpc) is 3.04. The number of rotatable bonds is 5. The van der Waals surface area contributed by atoms with E-state index in [0.29, 0.717) is 22.5 Å². The zero-order chi connectivity index (χ0) is 16.2. The first-order valence-electron chi connectivity index (χ1n) is 7.54. The van der Waals surface area contributed by atoms with Crippen LogP contribution in [0.2, 0.25) is 10.0 Å². The van der Waals surface area contributed by atoms with E-state index in [2.05, 4.69) is 25.5 Å². The molecular weight excluding hydrogens is 355 g/mol. The van der Waals surface area contributed by atoms with E-state index in [1.54, 1.807) is 6.07 Å². The summed E-state index contributed by atoms with van der Waals surface area (Å²) in [7, 11) is 0. The van der Waals surface area contributed by atoms with Crippen LogP contribution in [0.5, 0.6) is 5.88 Å². The molecule has 1 aliphatic heterocycles. The van der Waals surface area contributed by atoms with Gasteiger partial charge in [-0.3, -0.25) is 0 Å². The third-order valence-corrected chi connectivity index (χ3v) is 5.16. The topological polar surface area (TPSA) is 41.5 Å². The number of halogens is 2. The molecule has 0 radical (unpaired) electrons. The second kappa shape index (κ2) is 7.66. The lowest BCUT2D eigenvalue weighted by Gasteiger charge is -2.34. The molecule has 0 bridgehead atoms. The summed E-state index contributed by atoms with van der Waals surface area (Å²) >= 11 is 13.1. The van der Waals surface area contributed by atoms with Gasteiger partial charge in [0.25, 0.3) is 5.88 Å². The summed E-state index contributed by atoms with van der Waals surface area (Å²) in [5.74, 6) is 1.43. The lowest BCUT2D eigenvalue weighted by atomic mass is 10.2. The molecule has 1 aliphatic rings. The van der Waals surface area contributed by atoms with Gasteiger partial charge in [0.15, 0.2) is 0 Å². The van der Waals surface area contributed by atoms with Crippen molar-refractivity contribution >= 4 is 40.7 Å². The summed E-state index contributed by atoms with van der Waals surface area (Å²) in [5.41, 5.74) is 0.953. The fraction of sp³-hybridized carbons (Fsp3) is 0.467. The van der Waals surface area contributed by atoms with Gasteiger partial charge in [0.2, 0.25) is 5.82 Å².